The number of ether oxygens (including phenoxy) is 1. The van der Waals surface area contributed by atoms with Crippen LogP contribution in [0.4, 0.5) is 0 Å². The molecule has 0 amide bonds. The van der Waals surface area contributed by atoms with E-state index in [2.05, 4.69) is 9.82 Å². The van der Waals surface area contributed by atoms with Crippen LogP contribution < -0.4 is 4.72 Å². The predicted molar refractivity (Wildman–Crippen MR) is 81.9 cm³/mol. The molecule has 0 spiro atoms. The molecule has 1 saturated carbocycles. The third-order valence-electron chi connectivity index (χ3n) is 4.55. The van der Waals surface area contributed by atoms with Crippen molar-refractivity contribution in [1.29, 1.82) is 0 Å². The molecule has 22 heavy (non-hydrogen) atoms. The Balaban J connectivity index is 2.13. The zero-order valence-corrected chi connectivity index (χ0v) is 14.1. The first-order valence-corrected chi connectivity index (χ1v) is 9.02. The minimum atomic E-state index is -3.69. The van der Waals surface area contributed by atoms with Gasteiger partial charge < -0.3 is 9.84 Å². The van der Waals surface area contributed by atoms with Crippen molar-refractivity contribution in [3.63, 3.8) is 0 Å². The molecule has 0 radical (unpaired) electrons. The molecule has 2 N–H and O–H groups in total. The van der Waals surface area contributed by atoms with E-state index in [1.165, 1.54) is 10.9 Å². The molecule has 1 heterocycles. The Bertz CT molecular complexity index is 599. The van der Waals surface area contributed by atoms with Gasteiger partial charge in [0.2, 0.25) is 10.0 Å². The van der Waals surface area contributed by atoms with Crippen LogP contribution in [0.15, 0.2) is 11.1 Å². The molecule has 3 atom stereocenters. The molecule has 0 aromatic carbocycles. The summed E-state index contributed by atoms with van der Waals surface area (Å²) in [7, 11) is -0.322. The number of aliphatic hydroxyl groups excluding tert-OH is 1. The van der Waals surface area contributed by atoms with E-state index in [1.807, 2.05) is 0 Å². The van der Waals surface area contributed by atoms with Crippen molar-refractivity contribution in [2.75, 3.05) is 13.7 Å². The molecule has 1 aliphatic carbocycles. The molecular weight excluding hydrogens is 306 g/mol. The highest BCUT2D eigenvalue weighted by Gasteiger charge is 2.32. The Hall–Kier alpha value is -0.960. The first-order chi connectivity index (χ1) is 10.4. The van der Waals surface area contributed by atoms with Gasteiger partial charge >= 0.3 is 0 Å². The summed E-state index contributed by atoms with van der Waals surface area (Å²) in [5, 5.41) is 13.6. The lowest BCUT2D eigenvalue weighted by Crippen LogP contribution is -2.45. The first-order valence-electron chi connectivity index (χ1n) is 7.53. The quantitative estimate of drug-likeness (QED) is 0.795. The number of hydrogen-bond acceptors (Lipinski definition) is 5. The lowest BCUT2D eigenvalue weighted by Gasteiger charge is -2.33. The standard InChI is InChI=1S/C14H25N3O4S/c1-10-14(8-15-17(10)2)22(19,20)16-13(9-18)11-5-4-6-12(7-11)21-3/h8,11-13,16,18H,4-7,9H2,1-3H3. The van der Waals surface area contributed by atoms with E-state index in [9.17, 15) is 13.5 Å². The summed E-state index contributed by atoms with van der Waals surface area (Å²) in [6.45, 7) is 1.48. The summed E-state index contributed by atoms with van der Waals surface area (Å²) in [5.41, 5.74) is 0.572. The van der Waals surface area contributed by atoms with Gasteiger partial charge in [-0.15, -0.1) is 0 Å². The zero-order chi connectivity index (χ0) is 16.3. The lowest BCUT2D eigenvalue weighted by atomic mass is 9.83. The highest BCUT2D eigenvalue weighted by atomic mass is 32.2. The molecule has 0 saturated heterocycles. The summed E-state index contributed by atoms with van der Waals surface area (Å²) >= 11 is 0. The van der Waals surface area contributed by atoms with E-state index >= 15 is 0 Å². The van der Waals surface area contributed by atoms with Crippen molar-refractivity contribution >= 4 is 10.0 Å². The van der Waals surface area contributed by atoms with Crippen molar-refractivity contribution in [2.24, 2.45) is 13.0 Å². The SMILES string of the molecule is COC1CCCC(C(CO)NS(=O)(=O)c2cnn(C)c2C)C1. The minimum Gasteiger partial charge on any atom is -0.395 e. The van der Waals surface area contributed by atoms with Crippen molar-refractivity contribution in [2.45, 2.75) is 49.6 Å². The van der Waals surface area contributed by atoms with Gasteiger partial charge in [-0.25, -0.2) is 13.1 Å². The topological polar surface area (TPSA) is 93.4 Å². The van der Waals surface area contributed by atoms with Crippen LogP contribution in [0.1, 0.15) is 31.4 Å². The number of nitrogens with zero attached hydrogens (tertiary/aromatic N) is 2. The molecule has 0 aliphatic heterocycles. The largest absolute Gasteiger partial charge is 0.395 e. The average molecular weight is 331 g/mol. The molecule has 8 heteroatoms. The Kier molecular flexibility index (Phi) is 5.60. The van der Waals surface area contributed by atoms with Gasteiger partial charge in [0.15, 0.2) is 0 Å². The van der Waals surface area contributed by atoms with Gasteiger partial charge in [-0.2, -0.15) is 5.10 Å². The molecule has 7 nitrogen and oxygen atoms in total. The first kappa shape index (κ1) is 17.4. The minimum absolute atomic E-state index is 0.0791. The van der Waals surface area contributed by atoms with Crippen LogP contribution in [0.3, 0.4) is 0 Å². The van der Waals surface area contributed by atoms with Crippen LogP contribution in [0, 0.1) is 12.8 Å². The smallest absolute Gasteiger partial charge is 0.244 e. The second-order valence-electron chi connectivity index (χ2n) is 5.91. The summed E-state index contributed by atoms with van der Waals surface area (Å²) in [5.74, 6) is 0.0791. The zero-order valence-electron chi connectivity index (χ0n) is 13.3. The molecule has 1 aliphatic rings. The number of rotatable bonds is 6. The Morgan fingerprint density at radius 3 is 2.82 bits per heavy atom. The van der Waals surface area contributed by atoms with E-state index in [4.69, 9.17) is 4.74 Å². The van der Waals surface area contributed by atoms with E-state index in [0.29, 0.717) is 5.69 Å². The third kappa shape index (κ3) is 3.68. The van der Waals surface area contributed by atoms with E-state index in [-0.39, 0.29) is 23.5 Å². The fraction of sp³-hybridized carbons (Fsp3) is 0.786. The predicted octanol–water partition coefficient (Wildman–Crippen LogP) is 0.573. The van der Waals surface area contributed by atoms with Crippen LogP contribution in [0.5, 0.6) is 0 Å². The summed E-state index contributed by atoms with van der Waals surface area (Å²) in [4.78, 5) is 0.160. The second-order valence-corrected chi connectivity index (χ2v) is 7.59. The Labute approximate surface area is 131 Å². The van der Waals surface area contributed by atoms with E-state index < -0.39 is 16.1 Å². The molecular formula is C14H25N3O4S. The van der Waals surface area contributed by atoms with Crippen molar-refractivity contribution in [3.05, 3.63) is 11.9 Å². The molecule has 1 aromatic rings. The number of aliphatic hydroxyl groups is 1. The highest BCUT2D eigenvalue weighted by Crippen LogP contribution is 2.29. The molecule has 3 unspecified atom stereocenters. The molecule has 2 rings (SSSR count). The van der Waals surface area contributed by atoms with Gasteiger partial charge in [0.1, 0.15) is 4.90 Å². The van der Waals surface area contributed by atoms with Crippen LogP contribution in [0.25, 0.3) is 0 Å². The van der Waals surface area contributed by atoms with Gasteiger partial charge in [0, 0.05) is 20.2 Å². The second kappa shape index (κ2) is 7.08. The Morgan fingerprint density at radius 1 is 1.55 bits per heavy atom. The summed E-state index contributed by atoms with van der Waals surface area (Å²) in [6.07, 6.45) is 5.09. The number of sulfonamides is 1. The molecule has 0 bridgehead atoms. The maximum atomic E-state index is 12.5. The van der Waals surface area contributed by atoms with E-state index in [0.717, 1.165) is 25.7 Å². The number of aromatic nitrogens is 2. The monoisotopic (exact) mass is 331 g/mol. The average Bonchev–Trinajstić information content (AvgIpc) is 2.85. The van der Waals surface area contributed by atoms with Crippen LogP contribution in [0.2, 0.25) is 0 Å². The van der Waals surface area contributed by atoms with Gasteiger partial charge in [0.05, 0.1) is 24.6 Å². The van der Waals surface area contributed by atoms with Crippen LogP contribution in [-0.2, 0) is 21.8 Å². The van der Waals surface area contributed by atoms with Gasteiger partial charge in [-0.1, -0.05) is 6.42 Å². The number of nitrogens with one attached hydrogen (secondary N) is 1. The number of aryl methyl sites for hydroxylation is 1. The van der Waals surface area contributed by atoms with Gasteiger partial charge in [-0.3, -0.25) is 4.68 Å². The Morgan fingerprint density at radius 2 is 2.27 bits per heavy atom. The molecule has 126 valence electrons. The number of methoxy groups -OCH3 is 1. The van der Waals surface area contributed by atoms with Crippen molar-refractivity contribution < 1.29 is 18.3 Å². The summed E-state index contributed by atoms with van der Waals surface area (Å²) < 4.78 is 34.6. The third-order valence-corrected chi connectivity index (χ3v) is 6.14. The van der Waals surface area contributed by atoms with Crippen LogP contribution >= 0.6 is 0 Å². The highest BCUT2D eigenvalue weighted by molar-refractivity contribution is 7.89. The fourth-order valence-corrected chi connectivity index (χ4v) is 4.55. The number of hydrogen-bond donors (Lipinski definition) is 2. The van der Waals surface area contributed by atoms with Crippen molar-refractivity contribution in [1.82, 2.24) is 14.5 Å². The summed E-state index contributed by atoms with van der Waals surface area (Å²) in [6, 6.07) is -0.498. The van der Waals surface area contributed by atoms with Gasteiger partial charge in [0.25, 0.3) is 0 Å². The van der Waals surface area contributed by atoms with Gasteiger partial charge in [-0.05, 0) is 32.1 Å². The fourth-order valence-electron chi connectivity index (χ4n) is 3.05. The van der Waals surface area contributed by atoms with Crippen LogP contribution in [-0.4, -0.2) is 49.2 Å². The molecule has 1 aromatic heterocycles. The lowest BCUT2D eigenvalue weighted by molar-refractivity contribution is 0.0380. The molecule has 1 fully saturated rings. The maximum Gasteiger partial charge on any atom is 0.244 e. The van der Waals surface area contributed by atoms with Crippen molar-refractivity contribution in [3.8, 4) is 0 Å². The normalized spacial score (nSPS) is 24.4. The van der Waals surface area contributed by atoms with E-state index in [1.54, 1.807) is 21.1 Å². The maximum absolute atomic E-state index is 12.5.